The summed E-state index contributed by atoms with van der Waals surface area (Å²) >= 11 is 0. The highest BCUT2D eigenvalue weighted by Crippen LogP contribution is 2.26. The summed E-state index contributed by atoms with van der Waals surface area (Å²) in [5.41, 5.74) is 2.68. The van der Waals surface area contributed by atoms with Gasteiger partial charge in [-0.25, -0.2) is 4.39 Å². The van der Waals surface area contributed by atoms with Crippen LogP contribution in [-0.2, 0) is 13.5 Å². The van der Waals surface area contributed by atoms with Gasteiger partial charge >= 0.3 is 0 Å². The number of rotatable bonds is 3. The summed E-state index contributed by atoms with van der Waals surface area (Å²) in [6.07, 6.45) is 3.10. The van der Waals surface area contributed by atoms with Crippen LogP contribution in [-0.4, -0.2) is 28.5 Å². The first-order chi connectivity index (χ1) is 12.6. The van der Waals surface area contributed by atoms with E-state index >= 15 is 0 Å². The van der Waals surface area contributed by atoms with Crippen LogP contribution in [0.25, 0.3) is 10.9 Å². The Morgan fingerprint density at radius 3 is 2.50 bits per heavy atom. The summed E-state index contributed by atoms with van der Waals surface area (Å²) in [5, 5.41) is 0.511. The summed E-state index contributed by atoms with van der Waals surface area (Å²) in [6.45, 7) is 1.53. The van der Waals surface area contributed by atoms with E-state index in [1.165, 1.54) is 11.6 Å². The topological polar surface area (TPSA) is 25.2 Å². The Bertz CT molecular complexity index is 924. The molecule has 1 amide bonds. The summed E-state index contributed by atoms with van der Waals surface area (Å²) in [7, 11) is 1.83. The molecule has 0 aliphatic carbocycles. The molecule has 26 heavy (non-hydrogen) atoms. The molecule has 4 rings (SSSR count). The second-order valence-electron chi connectivity index (χ2n) is 7.19. The van der Waals surface area contributed by atoms with E-state index in [1.807, 2.05) is 24.1 Å². The molecule has 134 valence electrons. The monoisotopic (exact) mass is 350 g/mol. The third kappa shape index (κ3) is 3.12. The number of aromatic nitrogens is 1. The normalized spacial score (nSPS) is 15.5. The van der Waals surface area contributed by atoms with Gasteiger partial charge in [0.25, 0.3) is 5.91 Å². The van der Waals surface area contributed by atoms with Crippen molar-refractivity contribution in [3.05, 3.63) is 71.7 Å². The van der Waals surface area contributed by atoms with Crippen LogP contribution in [0.3, 0.4) is 0 Å². The van der Waals surface area contributed by atoms with Crippen molar-refractivity contribution in [3.8, 4) is 0 Å². The molecule has 0 spiro atoms. The third-order valence-corrected chi connectivity index (χ3v) is 5.52. The maximum absolute atomic E-state index is 14.0. The summed E-state index contributed by atoms with van der Waals surface area (Å²) in [4.78, 5) is 14.9. The highest BCUT2D eigenvalue weighted by atomic mass is 19.1. The average Bonchev–Trinajstić information content (AvgIpc) is 3.01. The molecule has 1 aliphatic rings. The first kappa shape index (κ1) is 16.8. The molecule has 2 heterocycles. The van der Waals surface area contributed by atoms with E-state index in [1.54, 1.807) is 16.7 Å². The van der Waals surface area contributed by atoms with E-state index < -0.39 is 0 Å². The van der Waals surface area contributed by atoms with Gasteiger partial charge in [-0.15, -0.1) is 0 Å². The Morgan fingerprint density at radius 1 is 1.08 bits per heavy atom. The van der Waals surface area contributed by atoms with Crippen LogP contribution in [0.2, 0.25) is 0 Å². The van der Waals surface area contributed by atoms with Gasteiger partial charge in [-0.3, -0.25) is 4.79 Å². The van der Waals surface area contributed by atoms with Gasteiger partial charge in [-0.2, -0.15) is 0 Å². The Kier molecular flexibility index (Phi) is 4.49. The number of carbonyl (C=O) groups is 1. The number of piperidine rings is 1. The lowest BCUT2D eigenvalue weighted by Gasteiger charge is -2.32. The predicted molar refractivity (Wildman–Crippen MR) is 102 cm³/mol. The zero-order valence-electron chi connectivity index (χ0n) is 15.0. The molecule has 0 unspecified atom stereocenters. The van der Waals surface area contributed by atoms with Gasteiger partial charge in [0, 0.05) is 25.5 Å². The summed E-state index contributed by atoms with van der Waals surface area (Å²) in [5.74, 6) is 0.339. The maximum atomic E-state index is 14.0. The quantitative estimate of drug-likeness (QED) is 0.687. The number of benzene rings is 2. The minimum absolute atomic E-state index is 0.00117. The molecule has 0 radical (unpaired) electrons. The van der Waals surface area contributed by atoms with Crippen molar-refractivity contribution in [1.29, 1.82) is 0 Å². The fraction of sp³-hybridized carbons (Fsp3) is 0.318. The number of likely N-dealkylation sites (tertiary alicyclic amines) is 1. The third-order valence-electron chi connectivity index (χ3n) is 5.52. The van der Waals surface area contributed by atoms with Crippen molar-refractivity contribution in [1.82, 2.24) is 9.47 Å². The van der Waals surface area contributed by atoms with Crippen LogP contribution in [0.1, 0.15) is 28.9 Å². The van der Waals surface area contributed by atoms with Gasteiger partial charge in [0.2, 0.25) is 0 Å². The smallest absolute Gasteiger partial charge is 0.270 e. The van der Waals surface area contributed by atoms with Gasteiger partial charge in [-0.1, -0.05) is 36.4 Å². The molecular weight excluding hydrogens is 327 g/mol. The van der Waals surface area contributed by atoms with Crippen LogP contribution < -0.4 is 0 Å². The van der Waals surface area contributed by atoms with Crippen molar-refractivity contribution in [2.45, 2.75) is 19.3 Å². The maximum Gasteiger partial charge on any atom is 0.270 e. The Hall–Kier alpha value is -2.62. The van der Waals surface area contributed by atoms with Crippen LogP contribution in [0.4, 0.5) is 4.39 Å². The van der Waals surface area contributed by atoms with Gasteiger partial charge < -0.3 is 9.47 Å². The van der Waals surface area contributed by atoms with Gasteiger partial charge in [0.05, 0.1) is 5.52 Å². The zero-order valence-corrected chi connectivity index (χ0v) is 15.0. The fourth-order valence-corrected chi connectivity index (χ4v) is 3.98. The SMILES string of the molecule is Cn1c(C(=O)N2CCC(Cc3ccccc3)CC2)cc2c(F)cccc21. The number of hydrogen-bond donors (Lipinski definition) is 0. The number of amides is 1. The van der Waals surface area contributed by atoms with E-state index in [0.29, 0.717) is 17.0 Å². The molecule has 0 saturated carbocycles. The zero-order chi connectivity index (χ0) is 18.1. The molecule has 3 aromatic rings. The highest BCUT2D eigenvalue weighted by Gasteiger charge is 2.26. The minimum Gasteiger partial charge on any atom is -0.340 e. The first-order valence-electron chi connectivity index (χ1n) is 9.20. The lowest BCUT2D eigenvalue weighted by atomic mass is 9.90. The molecule has 0 N–H and O–H groups in total. The van der Waals surface area contributed by atoms with Crippen molar-refractivity contribution in [3.63, 3.8) is 0 Å². The fourth-order valence-electron chi connectivity index (χ4n) is 3.98. The second kappa shape index (κ2) is 6.94. The van der Waals surface area contributed by atoms with E-state index in [0.717, 1.165) is 37.9 Å². The largest absolute Gasteiger partial charge is 0.340 e. The molecule has 2 aromatic carbocycles. The molecule has 3 nitrogen and oxygen atoms in total. The lowest BCUT2D eigenvalue weighted by Crippen LogP contribution is -2.39. The minimum atomic E-state index is -0.279. The Balaban J connectivity index is 1.45. The Morgan fingerprint density at radius 2 is 1.81 bits per heavy atom. The van der Waals surface area contributed by atoms with Gasteiger partial charge in [0.15, 0.2) is 0 Å². The first-order valence-corrected chi connectivity index (χ1v) is 9.20. The summed E-state index contributed by atoms with van der Waals surface area (Å²) in [6, 6.07) is 17.2. The van der Waals surface area contributed by atoms with E-state index in [4.69, 9.17) is 0 Å². The molecule has 4 heteroatoms. The van der Waals surface area contributed by atoms with Crippen molar-refractivity contribution < 1.29 is 9.18 Å². The molecule has 0 bridgehead atoms. The van der Waals surface area contributed by atoms with Crippen molar-refractivity contribution >= 4 is 16.8 Å². The van der Waals surface area contributed by atoms with Crippen molar-refractivity contribution in [2.24, 2.45) is 13.0 Å². The van der Waals surface area contributed by atoms with Crippen LogP contribution in [0.15, 0.2) is 54.6 Å². The molecule has 1 fully saturated rings. The lowest BCUT2D eigenvalue weighted by molar-refractivity contribution is 0.0681. The number of nitrogens with zero attached hydrogens (tertiary/aromatic N) is 2. The molecule has 1 saturated heterocycles. The number of hydrogen-bond acceptors (Lipinski definition) is 1. The van der Waals surface area contributed by atoms with E-state index in [2.05, 4.69) is 24.3 Å². The van der Waals surface area contributed by atoms with E-state index in [9.17, 15) is 9.18 Å². The van der Waals surface area contributed by atoms with Gasteiger partial charge in [0.1, 0.15) is 11.5 Å². The predicted octanol–water partition coefficient (Wildman–Crippen LogP) is 4.41. The second-order valence-corrected chi connectivity index (χ2v) is 7.19. The van der Waals surface area contributed by atoms with Crippen LogP contribution >= 0.6 is 0 Å². The molecule has 1 aromatic heterocycles. The van der Waals surface area contributed by atoms with Crippen molar-refractivity contribution in [2.75, 3.05) is 13.1 Å². The number of fused-ring (bicyclic) bond motifs is 1. The van der Waals surface area contributed by atoms with Crippen LogP contribution in [0, 0.1) is 11.7 Å². The molecule has 1 aliphatic heterocycles. The Labute approximate surface area is 153 Å². The average molecular weight is 350 g/mol. The van der Waals surface area contributed by atoms with Gasteiger partial charge in [-0.05, 0) is 48.9 Å². The van der Waals surface area contributed by atoms with E-state index in [-0.39, 0.29) is 11.7 Å². The van der Waals surface area contributed by atoms with Crippen LogP contribution in [0.5, 0.6) is 0 Å². The molecular formula is C22H23FN2O. The summed E-state index contributed by atoms with van der Waals surface area (Å²) < 4.78 is 15.8. The highest BCUT2D eigenvalue weighted by molar-refractivity contribution is 5.98. The standard InChI is InChI=1S/C22H23FN2O/c1-24-20-9-5-8-19(23)18(20)15-21(24)22(26)25-12-10-17(11-13-25)14-16-6-3-2-4-7-16/h2-9,15,17H,10-14H2,1H3. The number of aryl methyl sites for hydroxylation is 1. The molecule has 0 atom stereocenters. The number of halogens is 1. The number of carbonyl (C=O) groups excluding carboxylic acids is 1.